The van der Waals surface area contributed by atoms with Gasteiger partial charge in [0, 0.05) is 0 Å². The summed E-state index contributed by atoms with van der Waals surface area (Å²) in [5.74, 6) is -0.884. The van der Waals surface area contributed by atoms with E-state index in [1.807, 2.05) is 30.3 Å². The fourth-order valence-corrected chi connectivity index (χ4v) is 1.32. The minimum atomic E-state index is -0.884. The molecule has 0 saturated heterocycles. The Hall–Kier alpha value is -1.06. The maximum absolute atomic E-state index is 10.6. The van der Waals surface area contributed by atoms with Crippen molar-refractivity contribution in [2.45, 2.75) is 0 Å². The number of hydrogen-bond donors (Lipinski definition) is 1. The van der Waals surface area contributed by atoms with Crippen LogP contribution in [0.15, 0.2) is 42.5 Å². The minimum Gasteiger partial charge on any atom is -0.478 e. The van der Waals surface area contributed by atoms with E-state index in [2.05, 4.69) is 0 Å². The summed E-state index contributed by atoms with van der Waals surface area (Å²) in [6, 6.07) is 12.8. The molecule has 1 N–H and O–H groups in total. The maximum atomic E-state index is 10.6. The SMILES string of the molecule is O=C(O)c1ccc2ccccc2c1.[MgH2]. The standard InChI is InChI=1S/C11H8O2.Mg.2H/c12-11(13)10-6-5-8-3-1-2-4-9(8)7-10;;;/h1-7H,(H,12,13);;;. The van der Waals surface area contributed by atoms with Crippen LogP contribution in [0.4, 0.5) is 0 Å². The van der Waals surface area contributed by atoms with Crippen molar-refractivity contribution in [1.29, 1.82) is 0 Å². The van der Waals surface area contributed by atoms with Gasteiger partial charge in [0.15, 0.2) is 0 Å². The molecule has 2 nitrogen and oxygen atoms in total. The van der Waals surface area contributed by atoms with Gasteiger partial charge in [-0.2, -0.15) is 0 Å². The van der Waals surface area contributed by atoms with Crippen LogP contribution in [0.2, 0.25) is 0 Å². The third-order valence-electron chi connectivity index (χ3n) is 2.00. The minimum absolute atomic E-state index is 0. The van der Waals surface area contributed by atoms with Crippen LogP contribution < -0.4 is 0 Å². The highest BCUT2D eigenvalue weighted by Gasteiger charge is 2.01. The Labute approximate surface area is 97.7 Å². The summed E-state index contributed by atoms with van der Waals surface area (Å²) in [4.78, 5) is 10.6. The molecule has 0 unspecified atom stereocenters. The molecule has 2 rings (SSSR count). The van der Waals surface area contributed by atoms with E-state index in [0.717, 1.165) is 10.8 Å². The second-order valence-corrected chi connectivity index (χ2v) is 2.87. The van der Waals surface area contributed by atoms with Gasteiger partial charge in [-0.15, -0.1) is 0 Å². The molecular weight excluding hydrogens is 188 g/mol. The van der Waals surface area contributed by atoms with E-state index in [1.165, 1.54) is 0 Å². The van der Waals surface area contributed by atoms with Gasteiger partial charge in [0.25, 0.3) is 0 Å². The molecule has 0 aliphatic carbocycles. The third-order valence-corrected chi connectivity index (χ3v) is 2.00. The average Bonchev–Trinajstić information content (AvgIpc) is 2.17. The molecule has 14 heavy (non-hydrogen) atoms. The van der Waals surface area contributed by atoms with Gasteiger partial charge in [-0.1, -0.05) is 30.3 Å². The van der Waals surface area contributed by atoms with Crippen LogP contribution in [0.1, 0.15) is 10.4 Å². The van der Waals surface area contributed by atoms with Crippen molar-refractivity contribution in [2.24, 2.45) is 0 Å². The molecule has 0 radical (unpaired) electrons. The molecule has 0 aliphatic rings. The highest BCUT2D eigenvalue weighted by molar-refractivity contribution is 5.94. The Balaban J connectivity index is 0.000000980. The summed E-state index contributed by atoms with van der Waals surface area (Å²) >= 11 is 0. The molecular formula is C11H10MgO2. The lowest BCUT2D eigenvalue weighted by atomic mass is 10.1. The van der Waals surface area contributed by atoms with Crippen molar-refractivity contribution < 1.29 is 9.90 Å². The number of carboxylic acid groups (broad SMARTS) is 1. The van der Waals surface area contributed by atoms with E-state index in [1.54, 1.807) is 12.1 Å². The van der Waals surface area contributed by atoms with Gasteiger partial charge in [0.05, 0.1) is 5.56 Å². The van der Waals surface area contributed by atoms with E-state index in [-0.39, 0.29) is 23.1 Å². The van der Waals surface area contributed by atoms with E-state index in [4.69, 9.17) is 5.11 Å². The number of rotatable bonds is 1. The van der Waals surface area contributed by atoms with E-state index in [9.17, 15) is 4.79 Å². The summed E-state index contributed by atoms with van der Waals surface area (Å²) in [6.07, 6.45) is 0. The molecule has 68 valence electrons. The van der Waals surface area contributed by atoms with Crippen LogP contribution >= 0.6 is 0 Å². The van der Waals surface area contributed by atoms with Crippen LogP contribution in [0, 0.1) is 0 Å². The van der Waals surface area contributed by atoms with Crippen LogP contribution in [0.25, 0.3) is 10.8 Å². The van der Waals surface area contributed by atoms with Crippen LogP contribution in [0.3, 0.4) is 0 Å². The molecule has 3 heteroatoms. The number of carbonyl (C=O) groups is 1. The average molecular weight is 199 g/mol. The van der Waals surface area contributed by atoms with Crippen molar-refractivity contribution >= 4 is 39.8 Å². The molecule has 2 aromatic carbocycles. The van der Waals surface area contributed by atoms with Gasteiger partial charge in [-0.25, -0.2) is 4.79 Å². The monoisotopic (exact) mass is 198 g/mol. The van der Waals surface area contributed by atoms with Crippen molar-refractivity contribution in [2.75, 3.05) is 0 Å². The molecule has 0 amide bonds. The predicted molar refractivity (Wildman–Crippen MR) is 59.5 cm³/mol. The fraction of sp³-hybridized carbons (Fsp3) is 0. The first kappa shape index (κ1) is 11.0. The third kappa shape index (κ3) is 2.05. The fourth-order valence-electron chi connectivity index (χ4n) is 1.32. The second-order valence-electron chi connectivity index (χ2n) is 2.87. The Kier molecular flexibility index (Phi) is 3.49. The zero-order valence-electron chi connectivity index (χ0n) is 6.90. The topological polar surface area (TPSA) is 37.3 Å². The first-order chi connectivity index (χ1) is 6.27. The lowest BCUT2D eigenvalue weighted by molar-refractivity contribution is 0.0697. The van der Waals surface area contributed by atoms with Crippen LogP contribution in [0.5, 0.6) is 0 Å². The molecule has 0 fully saturated rings. The molecule has 0 aliphatic heterocycles. The molecule has 0 atom stereocenters. The molecule has 0 saturated carbocycles. The van der Waals surface area contributed by atoms with Gasteiger partial charge < -0.3 is 5.11 Å². The first-order valence-corrected chi connectivity index (χ1v) is 3.99. The maximum Gasteiger partial charge on any atom is 0.335 e. The van der Waals surface area contributed by atoms with Gasteiger partial charge in [0.2, 0.25) is 0 Å². The Morgan fingerprint density at radius 2 is 1.64 bits per heavy atom. The van der Waals surface area contributed by atoms with Gasteiger partial charge in [-0.3, -0.25) is 0 Å². The van der Waals surface area contributed by atoms with Crippen molar-refractivity contribution in [3.05, 3.63) is 48.0 Å². The van der Waals surface area contributed by atoms with E-state index < -0.39 is 5.97 Å². The molecule has 2 aromatic rings. The highest BCUT2D eigenvalue weighted by Crippen LogP contribution is 2.15. The van der Waals surface area contributed by atoms with E-state index >= 15 is 0 Å². The Bertz CT molecular complexity index is 466. The lowest BCUT2D eigenvalue weighted by Gasteiger charge is -1.98. The Morgan fingerprint density at radius 1 is 1.00 bits per heavy atom. The van der Waals surface area contributed by atoms with E-state index in [0.29, 0.717) is 5.56 Å². The largest absolute Gasteiger partial charge is 0.478 e. The smallest absolute Gasteiger partial charge is 0.335 e. The number of hydrogen-bond acceptors (Lipinski definition) is 1. The van der Waals surface area contributed by atoms with Crippen molar-refractivity contribution in [3.63, 3.8) is 0 Å². The van der Waals surface area contributed by atoms with Crippen LogP contribution in [-0.4, -0.2) is 34.1 Å². The summed E-state index contributed by atoms with van der Waals surface area (Å²) in [5.41, 5.74) is 0.332. The zero-order chi connectivity index (χ0) is 9.26. The number of carboxylic acids is 1. The molecule has 0 spiro atoms. The van der Waals surface area contributed by atoms with Crippen molar-refractivity contribution in [3.8, 4) is 0 Å². The summed E-state index contributed by atoms with van der Waals surface area (Å²) in [7, 11) is 0. The number of benzene rings is 2. The summed E-state index contributed by atoms with van der Waals surface area (Å²) < 4.78 is 0. The second kappa shape index (κ2) is 4.44. The molecule has 0 aromatic heterocycles. The predicted octanol–water partition coefficient (Wildman–Crippen LogP) is 1.62. The number of aromatic carboxylic acids is 1. The Morgan fingerprint density at radius 3 is 2.29 bits per heavy atom. The van der Waals surface area contributed by atoms with Gasteiger partial charge >= 0.3 is 29.0 Å². The van der Waals surface area contributed by atoms with Gasteiger partial charge in [0.1, 0.15) is 0 Å². The van der Waals surface area contributed by atoms with Gasteiger partial charge in [-0.05, 0) is 22.9 Å². The van der Waals surface area contributed by atoms with Crippen molar-refractivity contribution in [1.82, 2.24) is 0 Å². The molecule has 0 bridgehead atoms. The summed E-state index contributed by atoms with van der Waals surface area (Å²) in [5, 5.41) is 10.8. The lowest BCUT2D eigenvalue weighted by Crippen LogP contribution is -1.94. The van der Waals surface area contributed by atoms with Crippen LogP contribution in [-0.2, 0) is 0 Å². The summed E-state index contributed by atoms with van der Waals surface area (Å²) in [6.45, 7) is 0. The quantitative estimate of drug-likeness (QED) is 0.707. The zero-order valence-corrected chi connectivity index (χ0v) is 6.90. The normalized spacial score (nSPS) is 9.43. The first-order valence-electron chi connectivity index (χ1n) is 3.99. The number of fused-ring (bicyclic) bond motifs is 1. The highest BCUT2D eigenvalue weighted by atomic mass is 24.3. The molecule has 0 heterocycles.